The van der Waals surface area contributed by atoms with Crippen LogP contribution in [0.15, 0.2) is 0 Å². The van der Waals surface area contributed by atoms with E-state index in [1.807, 2.05) is 0 Å². The zero-order valence-electron chi connectivity index (χ0n) is 7.20. The molecule has 1 heterocycles. The van der Waals surface area contributed by atoms with Gasteiger partial charge in [0.15, 0.2) is 0 Å². The van der Waals surface area contributed by atoms with E-state index >= 15 is 0 Å². The summed E-state index contributed by atoms with van der Waals surface area (Å²) in [7, 11) is 0. The number of rotatable bonds is 3. The van der Waals surface area contributed by atoms with Crippen molar-refractivity contribution in [1.29, 1.82) is 0 Å². The average molecular weight is 205 g/mol. The average Bonchev–Trinajstić information content (AvgIpc) is 2.45. The molecule has 1 aliphatic rings. The van der Waals surface area contributed by atoms with Crippen molar-refractivity contribution in [3.8, 4) is 0 Å². The quantitative estimate of drug-likeness (QED) is 0.417. The molecule has 1 fully saturated rings. The second-order valence-electron chi connectivity index (χ2n) is 3.15. The van der Waals surface area contributed by atoms with Gasteiger partial charge in [0.25, 0.3) is 0 Å². The van der Waals surface area contributed by atoms with Gasteiger partial charge >= 0.3 is 11.9 Å². The van der Waals surface area contributed by atoms with Crippen LogP contribution in [0, 0.1) is 0 Å². The van der Waals surface area contributed by atoms with E-state index in [9.17, 15) is 9.59 Å². The maximum absolute atomic E-state index is 10.6. The number of likely N-dealkylation sites (tertiary alicyclic amines) is 1. The Labute approximate surface area is 79.2 Å². The van der Waals surface area contributed by atoms with Crippen LogP contribution in [0.5, 0.6) is 0 Å². The highest BCUT2D eigenvalue weighted by Gasteiger charge is 2.41. The van der Waals surface area contributed by atoms with Gasteiger partial charge in [0.2, 0.25) is 6.23 Å². The summed E-state index contributed by atoms with van der Waals surface area (Å²) >= 11 is 0. The lowest BCUT2D eigenvalue weighted by molar-refractivity contribution is -0.162. The molecule has 1 unspecified atom stereocenters. The molecule has 4 N–H and O–H groups in total. The monoisotopic (exact) mass is 205 g/mol. The minimum absolute atomic E-state index is 0.0698. The number of hydrogen-bond donors (Lipinski definition) is 4. The van der Waals surface area contributed by atoms with E-state index < -0.39 is 30.3 Å². The predicted octanol–water partition coefficient (Wildman–Crippen LogP) is -2.09. The van der Waals surface area contributed by atoms with Crippen LogP contribution < -0.4 is 0 Å². The molecular weight excluding hydrogens is 194 g/mol. The fourth-order valence-corrected chi connectivity index (χ4v) is 1.49. The van der Waals surface area contributed by atoms with E-state index in [0.29, 0.717) is 0 Å². The molecule has 1 rings (SSSR count). The van der Waals surface area contributed by atoms with Crippen LogP contribution in [-0.4, -0.2) is 62.2 Å². The Hall–Kier alpha value is -1.18. The minimum atomic E-state index is -1.88. The highest BCUT2D eigenvalue weighted by molar-refractivity contribution is 5.77. The summed E-state index contributed by atoms with van der Waals surface area (Å²) in [4.78, 5) is 21.9. The van der Waals surface area contributed by atoms with Crippen LogP contribution in [0.25, 0.3) is 0 Å². The Balaban J connectivity index is 2.76. The maximum atomic E-state index is 10.6. The van der Waals surface area contributed by atoms with E-state index in [-0.39, 0.29) is 13.0 Å². The predicted molar refractivity (Wildman–Crippen MR) is 42.4 cm³/mol. The third-order valence-electron chi connectivity index (χ3n) is 2.14. The van der Waals surface area contributed by atoms with Gasteiger partial charge in [-0.15, -0.1) is 0 Å². The fourth-order valence-electron chi connectivity index (χ4n) is 1.49. The Bertz CT molecular complexity index is 255. The first-order valence-corrected chi connectivity index (χ1v) is 4.01. The third kappa shape index (κ3) is 2.00. The van der Waals surface area contributed by atoms with Crippen molar-refractivity contribution in [2.75, 3.05) is 6.54 Å². The number of carboxylic acids is 2. The topological polar surface area (TPSA) is 118 Å². The Morgan fingerprint density at radius 3 is 2.36 bits per heavy atom. The summed E-state index contributed by atoms with van der Waals surface area (Å²) in [6.45, 7) is -0.148. The fraction of sp³-hybridized carbons (Fsp3) is 0.714. The van der Waals surface area contributed by atoms with E-state index in [1.54, 1.807) is 0 Å². The molecule has 1 aliphatic heterocycles. The zero-order valence-corrected chi connectivity index (χ0v) is 7.20. The molecule has 0 aromatic carbocycles. The maximum Gasteiger partial charge on any atom is 0.348 e. The van der Waals surface area contributed by atoms with E-state index in [2.05, 4.69) is 0 Å². The van der Waals surface area contributed by atoms with E-state index in [4.69, 9.17) is 20.4 Å². The molecule has 80 valence electrons. The van der Waals surface area contributed by atoms with Gasteiger partial charge in [-0.1, -0.05) is 0 Å². The number of nitrogens with zero attached hydrogens (tertiary/aromatic N) is 1. The second-order valence-corrected chi connectivity index (χ2v) is 3.15. The van der Waals surface area contributed by atoms with Gasteiger partial charge in [-0.05, 0) is 0 Å². The van der Waals surface area contributed by atoms with Crippen molar-refractivity contribution >= 4 is 11.9 Å². The summed E-state index contributed by atoms with van der Waals surface area (Å²) in [5, 5.41) is 35.4. The molecule has 0 amide bonds. The van der Waals surface area contributed by atoms with Gasteiger partial charge in [0, 0.05) is 13.0 Å². The number of aliphatic hydroxyl groups is 2. The third-order valence-corrected chi connectivity index (χ3v) is 2.14. The SMILES string of the molecule is O=C(O)C(O)N1C[C@H](O)C[C@H]1C(=O)O. The van der Waals surface area contributed by atoms with Gasteiger partial charge in [0.05, 0.1) is 6.10 Å². The highest BCUT2D eigenvalue weighted by Crippen LogP contribution is 2.20. The molecule has 0 aromatic rings. The summed E-state index contributed by atoms with van der Waals surface area (Å²) in [6, 6.07) is -1.14. The number of aliphatic hydroxyl groups excluding tert-OH is 2. The van der Waals surface area contributed by atoms with Crippen molar-refractivity contribution in [3.05, 3.63) is 0 Å². The molecule has 14 heavy (non-hydrogen) atoms. The summed E-state index contributed by atoms with van der Waals surface area (Å²) in [5.41, 5.74) is 0. The second kappa shape index (κ2) is 3.91. The van der Waals surface area contributed by atoms with Crippen LogP contribution in [0.2, 0.25) is 0 Å². The first kappa shape index (κ1) is 10.9. The molecule has 3 atom stereocenters. The van der Waals surface area contributed by atoms with Gasteiger partial charge in [-0.3, -0.25) is 9.69 Å². The lowest BCUT2D eigenvalue weighted by Gasteiger charge is -2.23. The largest absolute Gasteiger partial charge is 0.480 e. The summed E-state index contributed by atoms with van der Waals surface area (Å²) < 4.78 is 0. The molecule has 0 spiro atoms. The Morgan fingerprint density at radius 2 is 1.93 bits per heavy atom. The standard InChI is InChI=1S/C7H11NO6/c9-3-1-4(6(11)12)8(2-3)5(10)7(13)14/h3-5,9-10H,1-2H2,(H,11,12)(H,13,14)/t3-,4+,5?/m1/s1. The highest BCUT2D eigenvalue weighted by atomic mass is 16.4. The number of aliphatic carboxylic acids is 2. The van der Waals surface area contributed by atoms with Crippen LogP contribution in [0.3, 0.4) is 0 Å². The molecule has 1 saturated heterocycles. The number of β-amino-alcohol motifs (C(OH)–C–C–N with tert-alkyl or cyclic N) is 1. The van der Waals surface area contributed by atoms with Crippen molar-refractivity contribution in [3.63, 3.8) is 0 Å². The van der Waals surface area contributed by atoms with Crippen LogP contribution >= 0.6 is 0 Å². The smallest absolute Gasteiger partial charge is 0.348 e. The molecule has 0 aliphatic carbocycles. The first-order chi connectivity index (χ1) is 6.43. The molecule has 0 saturated carbocycles. The Kier molecular flexibility index (Phi) is 3.04. The van der Waals surface area contributed by atoms with Crippen LogP contribution in [0.4, 0.5) is 0 Å². The lowest BCUT2D eigenvalue weighted by Crippen LogP contribution is -2.47. The lowest BCUT2D eigenvalue weighted by atomic mass is 10.2. The van der Waals surface area contributed by atoms with Gasteiger partial charge in [-0.2, -0.15) is 0 Å². The number of carboxylic acid groups (broad SMARTS) is 2. The molecule has 7 nitrogen and oxygen atoms in total. The van der Waals surface area contributed by atoms with Crippen molar-refractivity contribution in [2.45, 2.75) is 24.8 Å². The first-order valence-electron chi connectivity index (χ1n) is 4.01. The van der Waals surface area contributed by atoms with Gasteiger partial charge < -0.3 is 20.4 Å². The summed E-state index contributed by atoms with van der Waals surface area (Å²) in [5.74, 6) is -2.77. The van der Waals surface area contributed by atoms with E-state index in [0.717, 1.165) is 4.90 Å². The van der Waals surface area contributed by atoms with Crippen LogP contribution in [0.1, 0.15) is 6.42 Å². The van der Waals surface area contributed by atoms with Gasteiger partial charge in [-0.25, -0.2) is 4.79 Å². The molecule has 7 heteroatoms. The van der Waals surface area contributed by atoms with Gasteiger partial charge in [0.1, 0.15) is 6.04 Å². The Morgan fingerprint density at radius 1 is 1.36 bits per heavy atom. The normalized spacial score (nSPS) is 30.1. The molecule has 0 aromatic heterocycles. The molecule has 0 bridgehead atoms. The van der Waals surface area contributed by atoms with Crippen molar-refractivity contribution in [1.82, 2.24) is 4.90 Å². The number of carbonyl (C=O) groups is 2. The van der Waals surface area contributed by atoms with Crippen LogP contribution in [-0.2, 0) is 9.59 Å². The van der Waals surface area contributed by atoms with Crippen molar-refractivity contribution < 1.29 is 30.0 Å². The minimum Gasteiger partial charge on any atom is -0.480 e. The molecule has 0 radical (unpaired) electrons. The summed E-state index contributed by atoms with van der Waals surface area (Å²) in [6.07, 6.45) is -2.86. The number of hydrogen-bond acceptors (Lipinski definition) is 5. The zero-order chi connectivity index (χ0) is 10.9. The van der Waals surface area contributed by atoms with E-state index in [1.165, 1.54) is 0 Å². The van der Waals surface area contributed by atoms with Crippen molar-refractivity contribution in [2.24, 2.45) is 0 Å². The molecular formula is C7H11NO6.